The van der Waals surface area contributed by atoms with Gasteiger partial charge in [-0.3, -0.25) is 0 Å². The van der Waals surface area contributed by atoms with Crippen LogP contribution >= 0.6 is 0 Å². The molecule has 0 heterocycles. The Kier molecular flexibility index (Phi) is 11.8. The molecular formula is C19H40. The van der Waals surface area contributed by atoms with E-state index in [1.807, 2.05) is 0 Å². The summed E-state index contributed by atoms with van der Waals surface area (Å²) in [5.41, 5.74) is 0. The van der Waals surface area contributed by atoms with Crippen molar-refractivity contribution < 1.29 is 0 Å². The molecule has 0 aromatic carbocycles. The zero-order valence-corrected chi connectivity index (χ0v) is 14.7. The van der Waals surface area contributed by atoms with Crippen LogP contribution in [0.25, 0.3) is 0 Å². The first-order valence-electron chi connectivity index (χ1n) is 9.08. The lowest BCUT2D eigenvalue weighted by atomic mass is 9.72. The second-order valence-corrected chi connectivity index (χ2v) is 6.90. The second kappa shape index (κ2) is 11.8. The first-order chi connectivity index (χ1) is 9.08. The Morgan fingerprint density at radius 2 is 1.21 bits per heavy atom. The predicted molar refractivity (Wildman–Crippen MR) is 89.6 cm³/mol. The molecule has 0 bridgehead atoms. The highest BCUT2D eigenvalue weighted by Crippen LogP contribution is 2.35. The van der Waals surface area contributed by atoms with Crippen LogP contribution in [0.4, 0.5) is 0 Å². The molecule has 0 heteroatoms. The van der Waals surface area contributed by atoms with Gasteiger partial charge in [0.25, 0.3) is 0 Å². The van der Waals surface area contributed by atoms with E-state index in [1.54, 1.807) is 0 Å². The molecule has 0 aliphatic rings. The predicted octanol–water partition coefficient (Wildman–Crippen LogP) is 7.08. The summed E-state index contributed by atoms with van der Waals surface area (Å²) in [4.78, 5) is 0. The highest BCUT2D eigenvalue weighted by Gasteiger charge is 2.26. The Hall–Kier alpha value is 0. The van der Waals surface area contributed by atoms with Gasteiger partial charge in [0.15, 0.2) is 0 Å². The van der Waals surface area contributed by atoms with Gasteiger partial charge in [-0.15, -0.1) is 0 Å². The van der Waals surface area contributed by atoms with Crippen LogP contribution in [0.3, 0.4) is 0 Å². The standard InChI is InChI=1S/C19H40/c1-7-10-12-15-19(17(5)14-11-8-2)18(6)16(4)13-9-3/h16-19H,7-15H2,1-6H3. The summed E-state index contributed by atoms with van der Waals surface area (Å²) < 4.78 is 0. The molecule has 0 aromatic rings. The Balaban J connectivity index is 4.44. The average Bonchev–Trinajstić information content (AvgIpc) is 2.40. The molecule has 4 atom stereocenters. The van der Waals surface area contributed by atoms with E-state index in [2.05, 4.69) is 41.5 Å². The number of hydrogen-bond donors (Lipinski definition) is 0. The second-order valence-electron chi connectivity index (χ2n) is 6.90. The van der Waals surface area contributed by atoms with Gasteiger partial charge in [-0.2, -0.15) is 0 Å². The molecule has 0 N–H and O–H groups in total. The highest BCUT2D eigenvalue weighted by molar-refractivity contribution is 4.76. The normalized spacial score (nSPS) is 18.0. The van der Waals surface area contributed by atoms with Crippen molar-refractivity contribution in [2.75, 3.05) is 0 Å². The summed E-state index contributed by atoms with van der Waals surface area (Å²) in [5.74, 6) is 3.69. The van der Waals surface area contributed by atoms with E-state index < -0.39 is 0 Å². The third-order valence-electron chi connectivity index (χ3n) is 5.20. The molecule has 116 valence electrons. The van der Waals surface area contributed by atoms with Crippen LogP contribution in [0.15, 0.2) is 0 Å². The molecule has 0 aliphatic heterocycles. The summed E-state index contributed by atoms with van der Waals surface area (Å²) in [6, 6.07) is 0. The summed E-state index contributed by atoms with van der Waals surface area (Å²) >= 11 is 0. The monoisotopic (exact) mass is 268 g/mol. The Labute approximate surface area is 123 Å². The van der Waals surface area contributed by atoms with Gasteiger partial charge in [-0.1, -0.05) is 92.9 Å². The van der Waals surface area contributed by atoms with Gasteiger partial charge in [-0.05, 0) is 30.1 Å². The summed E-state index contributed by atoms with van der Waals surface area (Å²) in [6.45, 7) is 14.5. The lowest BCUT2D eigenvalue weighted by Crippen LogP contribution is -2.25. The van der Waals surface area contributed by atoms with Crippen LogP contribution in [0.2, 0.25) is 0 Å². The Morgan fingerprint density at radius 3 is 1.74 bits per heavy atom. The molecule has 0 saturated carbocycles. The smallest absolute Gasteiger partial charge is 0.0360 e. The van der Waals surface area contributed by atoms with Crippen LogP contribution in [-0.4, -0.2) is 0 Å². The van der Waals surface area contributed by atoms with Gasteiger partial charge in [0.1, 0.15) is 0 Å². The molecular weight excluding hydrogens is 228 g/mol. The van der Waals surface area contributed by atoms with Crippen LogP contribution in [0.1, 0.15) is 99.3 Å². The third-order valence-corrected chi connectivity index (χ3v) is 5.20. The summed E-state index contributed by atoms with van der Waals surface area (Å²) in [6.07, 6.45) is 12.7. The van der Waals surface area contributed by atoms with Crippen molar-refractivity contribution in [3.63, 3.8) is 0 Å². The zero-order valence-electron chi connectivity index (χ0n) is 14.7. The van der Waals surface area contributed by atoms with Crippen molar-refractivity contribution in [2.24, 2.45) is 23.7 Å². The molecule has 0 amide bonds. The van der Waals surface area contributed by atoms with Gasteiger partial charge < -0.3 is 0 Å². The molecule has 0 saturated heterocycles. The van der Waals surface area contributed by atoms with Gasteiger partial charge in [0.2, 0.25) is 0 Å². The van der Waals surface area contributed by atoms with Gasteiger partial charge in [0.05, 0.1) is 0 Å². The fourth-order valence-electron chi connectivity index (χ4n) is 3.58. The molecule has 0 radical (unpaired) electrons. The first-order valence-corrected chi connectivity index (χ1v) is 9.08. The van der Waals surface area contributed by atoms with E-state index in [0.29, 0.717) is 0 Å². The van der Waals surface area contributed by atoms with Crippen molar-refractivity contribution >= 4 is 0 Å². The lowest BCUT2D eigenvalue weighted by molar-refractivity contribution is 0.163. The van der Waals surface area contributed by atoms with Crippen LogP contribution in [-0.2, 0) is 0 Å². The van der Waals surface area contributed by atoms with Crippen LogP contribution in [0, 0.1) is 23.7 Å². The van der Waals surface area contributed by atoms with Crippen molar-refractivity contribution in [1.82, 2.24) is 0 Å². The maximum atomic E-state index is 2.53. The van der Waals surface area contributed by atoms with E-state index in [9.17, 15) is 0 Å². The minimum Gasteiger partial charge on any atom is -0.0654 e. The van der Waals surface area contributed by atoms with Gasteiger partial charge in [-0.25, -0.2) is 0 Å². The lowest BCUT2D eigenvalue weighted by Gasteiger charge is -2.34. The van der Waals surface area contributed by atoms with Crippen LogP contribution in [0.5, 0.6) is 0 Å². The zero-order chi connectivity index (χ0) is 14.7. The highest BCUT2D eigenvalue weighted by atomic mass is 14.3. The van der Waals surface area contributed by atoms with Gasteiger partial charge >= 0.3 is 0 Å². The number of unbranched alkanes of at least 4 members (excludes halogenated alkanes) is 3. The molecule has 0 aliphatic carbocycles. The molecule has 0 nitrogen and oxygen atoms in total. The fraction of sp³-hybridized carbons (Fsp3) is 1.00. The third kappa shape index (κ3) is 8.00. The maximum Gasteiger partial charge on any atom is -0.0360 e. The number of hydrogen-bond acceptors (Lipinski definition) is 0. The molecule has 0 rings (SSSR count). The minimum atomic E-state index is 0.903. The van der Waals surface area contributed by atoms with Crippen molar-refractivity contribution in [3.8, 4) is 0 Å². The minimum absolute atomic E-state index is 0.903. The largest absolute Gasteiger partial charge is 0.0654 e. The fourth-order valence-corrected chi connectivity index (χ4v) is 3.58. The molecule has 4 unspecified atom stereocenters. The van der Waals surface area contributed by atoms with Crippen molar-refractivity contribution in [1.29, 1.82) is 0 Å². The SMILES string of the molecule is CCCCCC(C(C)CCCC)C(C)C(C)CCC. The van der Waals surface area contributed by atoms with E-state index in [0.717, 1.165) is 23.7 Å². The van der Waals surface area contributed by atoms with Crippen molar-refractivity contribution in [3.05, 3.63) is 0 Å². The number of rotatable bonds is 12. The topological polar surface area (TPSA) is 0 Å². The molecule has 19 heavy (non-hydrogen) atoms. The summed E-state index contributed by atoms with van der Waals surface area (Å²) in [7, 11) is 0. The Bertz CT molecular complexity index is 184. The Morgan fingerprint density at radius 1 is 0.579 bits per heavy atom. The quantitative estimate of drug-likeness (QED) is 0.332. The summed E-state index contributed by atoms with van der Waals surface area (Å²) in [5, 5.41) is 0. The van der Waals surface area contributed by atoms with Crippen molar-refractivity contribution in [2.45, 2.75) is 99.3 Å². The van der Waals surface area contributed by atoms with E-state index >= 15 is 0 Å². The van der Waals surface area contributed by atoms with E-state index in [-0.39, 0.29) is 0 Å². The van der Waals surface area contributed by atoms with E-state index in [1.165, 1.54) is 57.8 Å². The first kappa shape index (κ1) is 19.0. The molecule has 0 fully saturated rings. The molecule has 0 spiro atoms. The molecule has 0 aromatic heterocycles. The van der Waals surface area contributed by atoms with Gasteiger partial charge in [0, 0.05) is 0 Å². The van der Waals surface area contributed by atoms with Crippen LogP contribution < -0.4 is 0 Å². The van der Waals surface area contributed by atoms with E-state index in [4.69, 9.17) is 0 Å². The maximum absolute atomic E-state index is 2.53. The average molecular weight is 269 g/mol.